The lowest BCUT2D eigenvalue weighted by Gasteiger charge is -2.14. The highest BCUT2D eigenvalue weighted by molar-refractivity contribution is 5.76. The number of unbranched alkanes of at least 4 members (excludes halogenated alkanes) is 3. The van der Waals surface area contributed by atoms with Crippen LogP contribution in [0.25, 0.3) is 0 Å². The van der Waals surface area contributed by atoms with Gasteiger partial charge < -0.3 is 14.3 Å². The van der Waals surface area contributed by atoms with E-state index in [1.807, 2.05) is 43.5 Å². The lowest BCUT2D eigenvalue weighted by atomic mass is 10.1. The fraction of sp³-hybridized carbons (Fsp3) is 0.440. The topological polar surface area (TPSA) is 52.9 Å². The van der Waals surface area contributed by atoms with Crippen LogP contribution < -0.4 is 9.47 Å². The number of oxime groups is 1. The van der Waals surface area contributed by atoms with Crippen molar-refractivity contribution in [1.29, 1.82) is 0 Å². The summed E-state index contributed by atoms with van der Waals surface area (Å²) in [4.78, 5) is 9.02. The summed E-state index contributed by atoms with van der Waals surface area (Å²) >= 11 is 0. The number of aromatic nitrogens is 1. The number of rotatable bonds is 13. The quantitative estimate of drug-likeness (QED) is 0.181. The Balaban J connectivity index is 1.65. The number of ether oxygens (including phenoxy) is 2. The molecule has 1 aromatic carbocycles. The number of hydrogen-bond acceptors (Lipinski definition) is 5. The van der Waals surface area contributed by atoms with Crippen LogP contribution in [0.4, 0.5) is 0 Å². The van der Waals surface area contributed by atoms with Crippen LogP contribution in [-0.4, -0.2) is 31.5 Å². The van der Waals surface area contributed by atoms with Crippen LogP contribution in [0, 0.1) is 13.8 Å². The van der Waals surface area contributed by atoms with Gasteiger partial charge in [0.15, 0.2) is 0 Å². The van der Waals surface area contributed by atoms with Crippen LogP contribution >= 0.6 is 0 Å². The third-order valence-electron chi connectivity index (χ3n) is 4.76. The molecule has 0 N–H and O–H groups in total. The molecule has 0 atom stereocenters. The first-order valence-corrected chi connectivity index (χ1v) is 10.6. The van der Waals surface area contributed by atoms with Gasteiger partial charge in [0.25, 0.3) is 0 Å². The maximum atomic E-state index is 6.06. The molecular weight excluding hydrogens is 376 g/mol. The summed E-state index contributed by atoms with van der Waals surface area (Å²) in [5.74, 6) is 1.88. The molecule has 1 heterocycles. The Morgan fingerprint density at radius 3 is 2.43 bits per heavy atom. The molecule has 2 aromatic rings. The fourth-order valence-electron chi connectivity index (χ4n) is 3.19. The molecule has 0 bridgehead atoms. The number of hydrogen-bond donors (Lipinski definition) is 0. The van der Waals surface area contributed by atoms with E-state index < -0.39 is 0 Å². The van der Waals surface area contributed by atoms with E-state index in [2.05, 4.69) is 34.9 Å². The molecule has 30 heavy (non-hydrogen) atoms. The summed E-state index contributed by atoms with van der Waals surface area (Å²) in [6.45, 7) is 7.48. The first-order chi connectivity index (χ1) is 14.6. The third-order valence-corrected chi connectivity index (χ3v) is 4.76. The zero-order valence-corrected chi connectivity index (χ0v) is 18.7. The first-order valence-electron chi connectivity index (χ1n) is 10.6. The van der Waals surface area contributed by atoms with Gasteiger partial charge in [-0.3, -0.25) is 4.98 Å². The smallest absolute Gasteiger partial charge is 0.125 e. The van der Waals surface area contributed by atoms with Crippen molar-refractivity contribution in [3.05, 3.63) is 65.0 Å². The van der Waals surface area contributed by atoms with Crippen LogP contribution in [-0.2, 0) is 11.3 Å². The van der Waals surface area contributed by atoms with E-state index in [0.717, 1.165) is 60.6 Å². The lowest BCUT2D eigenvalue weighted by molar-refractivity contribution is 0.215. The number of pyridine rings is 1. The van der Waals surface area contributed by atoms with Crippen molar-refractivity contribution in [1.82, 2.24) is 4.98 Å². The van der Waals surface area contributed by atoms with E-state index in [1.165, 1.54) is 19.1 Å². The molecule has 0 aliphatic heterocycles. The van der Waals surface area contributed by atoms with E-state index in [-0.39, 0.29) is 0 Å². The van der Waals surface area contributed by atoms with E-state index in [9.17, 15) is 0 Å². The van der Waals surface area contributed by atoms with Crippen molar-refractivity contribution in [3.8, 4) is 11.5 Å². The molecule has 2 rings (SSSR count). The zero-order chi connectivity index (χ0) is 21.6. The predicted molar refractivity (Wildman–Crippen MR) is 123 cm³/mol. The van der Waals surface area contributed by atoms with Gasteiger partial charge in [0.1, 0.15) is 25.2 Å². The molecule has 5 heteroatoms. The molecular formula is C25H34N2O3. The second-order valence-electron chi connectivity index (χ2n) is 7.29. The molecule has 0 fully saturated rings. The number of nitrogens with zero attached hydrogens (tertiary/aromatic N) is 2. The van der Waals surface area contributed by atoms with Gasteiger partial charge in [-0.2, -0.15) is 0 Å². The summed E-state index contributed by atoms with van der Waals surface area (Å²) in [6, 6.07) is 8.16. The van der Waals surface area contributed by atoms with Crippen molar-refractivity contribution >= 4 is 6.21 Å². The second-order valence-corrected chi connectivity index (χ2v) is 7.29. The minimum atomic E-state index is 0.595. The van der Waals surface area contributed by atoms with Gasteiger partial charge in [0, 0.05) is 6.20 Å². The predicted octanol–water partition coefficient (Wildman–Crippen LogP) is 5.82. The minimum absolute atomic E-state index is 0.595. The zero-order valence-electron chi connectivity index (χ0n) is 18.7. The molecule has 0 saturated carbocycles. The summed E-state index contributed by atoms with van der Waals surface area (Å²) in [7, 11) is 1.52. The molecule has 0 unspecified atom stereocenters. The summed E-state index contributed by atoms with van der Waals surface area (Å²) in [5, 5.41) is 3.72. The normalized spacial score (nSPS) is 11.3. The first kappa shape index (κ1) is 23.5. The molecule has 162 valence electrons. The lowest BCUT2D eigenvalue weighted by Crippen LogP contribution is -2.02. The van der Waals surface area contributed by atoms with Gasteiger partial charge in [-0.15, -0.1) is 0 Å². The molecule has 5 nitrogen and oxygen atoms in total. The highest BCUT2D eigenvalue weighted by Crippen LogP contribution is 2.28. The van der Waals surface area contributed by atoms with Gasteiger partial charge in [-0.05, 0) is 74.9 Å². The summed E-state index contributed by atoms with van der Waals surface area (Å²) < 4.78 is 11.8. The molecule has 0 aliphatic carbocycles. The van der Waals surface area contributed by atoms with Crippen molar-refractivity contribution < 1.29 is 14.3 Å². The van der Waals surface area contributed by atoms with E-state index in [4.69, 9.17) is 9.47 Å². The Bertz CT molecular complexity index is 791. The SMILES string of the molecule is C/C=C/COc1cc(C)c(OCCCCCCc2ccc(/C=N/OC)nc2)c(C)c1. The number of benzene rings is 1. The Morgan fingerprint density at radius 2 is 1.77 bits per heavy atom. The van der Waals surface area contributed by atoms with Crippen molar-refractivity contribution in [2.75, 3.05) is 20.3 Å². The average Bonchev–Trinajstić information content (AvgIpc) is 2.74. The van der Waals surface area contributed by atoms with Crippen molar-refractivity contribution in [3.63, 3.8) is 0 Å². The molecule has 0 amide bonds. The summed E-state index contributed by atoms with van der Waals surface area (Å²) in [5.41, 5.74) is 4.30. The van der Waals surface area contributed by atoms with Crippen LogP contribution in [0.15, 0.2) is 47.8 Å². The monoisotopic (exact) mass is 410 g/mol. The highest BCUT2D eigenvalue weighted by Gasteiger charge is 2.07. The average molecular weight is 411 g/mol. The van der Waals surface area contributed by atoms with Gasteiger partial charge in [0.2, 0.25) is 0 Å². The molecule has 1 aromatic heterocycles. The fourth-order valence-corrected chi connectivity index (χ4v) is 3.19. The third kappa shape index (κ3) is 8.27. The Labute approximate surface area is 180 Å². The summed E-state index contributed by atoms with van der Waals surface area (Å²) in [6.07, 6.45) is 13.1. The van der Waals surface area contributed by atoms with Gasteiger partial charge in [-0.25, -0.2) is 0 Å². The minimum Gasteiger partial charge on any atom is -0.493 e. The molecule has 0 radical (unpaired) electrons. The van der Waals surface area contributed by atoms with Crippen LogP contribution in [0.5, 0.6) is 11.5 Å². The van der Waals surface area contributed by atoms with E-state index in [1.54, 1.807) is 6.21 Å². The second kappa shape index (κ2) is 13.4. The maximum Gasteiger partial charge on any atom is 0.125 e. The molecule has 0 spiro atoms. The van der Waals surface area contributed by atoms with Crippen LogP contribution in [0.2, 0.25) is 0 Å². The van der Waals surface area contributed by atoms with Crippen LogP contribution in [0.1, 0.15) is 55.0 Å². The largest absolute Gasteiger partial charge is 0.493 e. The molecule has 0 saturated heterocycles. The number of aryl methyl sites for hydroxylation is 3. The number of allylic oxidation sites excluding steroid dienone is 1. The van der Waals surface area contributed by atoms with Crippen molar-refractivity contribution in [2.24, 2.45) is 5.16 Å². The van der Waals surface area contributed by atoms with E-state index in [0.29, 0.717) is 6.61 Å². The van der Waals surface area contributed by atoms with Crippen molar-refractivity contribution in [2.45, 2.75) is 52.9 Å². The van der Waals surface area contributed by atoms with Gasteiger partial charge in [0.05, 0.1) is 18.5 Å². The van der Waals surface area contributed by atoms with Gasteiger partial charge in [-0.1, -0.05) is 36.2 Å². The Morgan fingerprint density at radius 1 is 1.00 bits per heavy atom. The molecule has 0 aliphatic rings. The van der Waals surface area contributed by atoms with Crippen LogP contribution in [0.3, 0.4) is 0 Å². The highest BCUT2D eigenvalue weighted by atomic mass is 16.6. The Hall–Kier alpha value is -2.82. The maximum absolute atomic E-state index is 6.06. The van der Waals surface area contributed by atoms with Gasteiger partial charge >= 0.3 is 0 Å². The Kier molecular flexibility index (Phi) is 10.5. The standard InChI is InChI=1S/C25H34N2O3/c1-5-6-14-29-24-16-20(2)25(21(3)17-24)30-15-10-8-7-9-11-22-12-13-23(26-18-22)19-27-28-4/h5-6,12-13,16-19H,7-11,14-15H2,1-4H3/b6-5+,27-19+. The van der Waals surface area contributed by atoms with E-state index >= 15 is 0 Å².